The minimum atomic E-state index is -2.99. The van der Waals surface area contributed by atoms with E-state index in [1.54, 1.807) is 18.3 Å². The van der Waals surface area contributed by atoms with E-state index in [2.05, 4.69) is 18.8 Å². The van der Waals surface area contributed by atoms with Crippen molar-refractivity contribution < 1.29 is 8.42 Å². The lowest BCUT2D eigenvalue weighted by Crippen LogP contribution is -2.10. The number of aromatic nitrogens is 1. The van der Waals surface area contributed by atoms with Crippen LogP contribution in [0.4, 0.5) is 0 Å². The second-order valence-corrected chi connectivity index (χ2v) is 6.63. The first-order valence-electron chi connectivity index (χ1n) is 5.60. The van der Waals surface area contributed by atoms with Gasteiger partial charge in [0.15, 0.2) is 9.84 Å². The Hall–Kier alpha value is -0.900. The van der Waals surface area contributed by atoms with Gasteiger partial charge < -0.3 is 0 Å². The minimum absolute atomic E-state index is 0.0614. The molecule has 0 spiro atoms. The number of rotatable bonds is 6. The Morgan fingerprint density at radius 3 is 2.62 bits per heavy atom. The summed E-state index contributed by atoms with van der Waals surface area (Å²) in [5, 5.41) is 0. The lowest BCUT2D eigenvalue weighted by atomic mass is 10.1. The van der Waals surface area contributed by atoms with Crippen LogP contribution in [0.3, 0.4) is 0 Å². The normalized spacial score (nSPS) is 11.9. The molecule has 1 heterocycles. The summed E-state index contributed by atoms with van der Waals surface area (Å²) < 4.78 is 23.5. The summed E-state index contributed by atoms with van der Waals surface area (Å²) in [6.45, 7) is 4.21. The molecule has 16 heavy (non-hydrogen) atoms. The highest BCUT2D eigenvalue weighted by atomic mass is 32.2. The summed E-state index contributed by atoms with van der Waals surface area (Å²) in [7, 11) is -2.99. The van der Waals surface area contributed by atoms with Crippen molar-refractivity contribution in [3.63, 3.8) is 0 Å². The van der Waals surface area contributed by atoms with E-state index in [-0.39, 0.29) is 11.5 Å². The Labute approximate surface area is 97.8 Å². The Kier molecular flexibility index (Phi) is 4.93. The number of hydrogen-bond acceptors (Lipinski definition) is 3. The molecule has 1 aromatic heterocycles. The second kappa shape index (κ2) is 5.99. The summed E-state index contributed by atoms with van der Waals surface area (Å²) in [6.07, 6.45) is 3.33. The summed E-state index contributed by atoms with van der Waals surface area (Å²) in [5.41, 5.74) is 0.632. The van der Waals surface area contributed by atoms with Crippen LogP contribution in [0.25, 0.3) is 0 Å². The van der Waals surface area contributed by atoms with Crippen LogP contribution in [0.5, 0.6) is 0 Å². The van der Waals surface area contributed by atoms with Crippen molar-refractivity contribution in [3.05, 3.63) is 30.1 Å². The van der Waals surface area contributed by atoms with Crippen molar-refractivity contribution in [1.82, 2.24) is 4.98 Å². The van der Waals surface area contributed by atoms with Gasteiger partial charge in [0.2, 0.25) is 0 Å². The van der Waals surface area contributed by atoms with Gasteiger partial charge in [-0.25, -0.2) is 8.42 Å². The molecule has 0 unspecified atom stereocenters. The van der Waals surface area contributed by atoms with Crippen molar-refractivity contribution in [2.45, 2.75) is 32.4 Å². The summed E-state index contributed by atoms with van der Waals surface area (Å²) >= 11 is 0. The molecule has 0 amide bonds. The average Bonchev–Trinajstić information content (AvgIpc) is 2.17. The Bertz CT molecular complexity index is 398. The van der Waals surface area contributed by atoms with Gasteiger partial charge in [-0.3, -0.25) is 4.98 Å². The molecule has 0 bridgehead atoms. The van der Waals surface area contributed by atoms with Crippen LogP contribution in [-0.2, 0) is 15.6 Å². The molecule has 0 aromatic carbocycles. The maximum Gasteiger partial charge on any atom is 0.156 e. The van der Waals surface area contributed by atoms with Crippen molar-refractivity contribution in [1.29, 1.82) is 0 Å². The third kappa shape index (κ3) is 5.26. The van der Waals surface area contributed by atoms with Crippen molar-refractivity contribution in [3.8, 4) is 0 Å². The monoisotopic (exact) mass is 241 g/mol. The zero-order valence-electron chi connectivity index (χ0n) is 9.89. The van der Waals surface area contributed by atoms with E-state index in [1.807, 2.05) is 6.07 Å². The summed E-state index contributed by atoms with van der Waals surface area (Å²) in [5.74, 6) is 0.887. The highest BCUT2D eigenvalue weighted by Gasteiger charge is 2.12. The Balaban J connectivity index is 2.46. The van der Waals surface area contributed by atoms with E-state index in [9.17, 15) is 8.42 Å². The number of pyridine rings is 1. The van der Waals surface area contributed by atoms with Crippen molar-refractivity contribution in [2.75, 3.05) is 5.75 Å². The van der Waals surface area contributed by atoms with E-state index in [0.717, 1.165) is 12.8 Å². The number of sulfone groups is 1. The van der Waals surface area contributed by atoms with Crippen LogP contribution in [0.15, 0.2) is 24.4 Å². The molecule has 0 aliphatic heterocycles. The molecule has 1 rings (SSSR count). The highest BCUT2D eigenvalue weighted by Crippen LogP contribution is 2.09. The van der Waals surface area contributed by atoms with Crippen molar-refractivity contribution in [2.24, 2.45) is 5.92 Å². The molecule has 0 saturated heterocycles. The molecular formula is C12H19NO2S. The third-order valence-corrected chi connectivity index (χ3v) is 3.98. The lowest BCUT2D eigenvalue weighted by Gasteiger charge is -2.05. The maximum atomic E-state index is 11.7. The van der Waals surface area contributed by atoms with Gasteiger partial charge in [0.25, 0.3) is 0 Å². The van der Waals surface area contributed by atoms with Gasteiger partial charge in [0.05, 0.1) is 17.2 Å². The van der Waals surface area contributed by atoms with Crippen LogP contribution in [0, 0.1) is 5.92 Å². The zero-order chi connectivity index (χ0) is 12.0. The van der Waals surface area contributed by atoms with Crippen LogP contribution >= 0.6 is 0 Å². The smallest absolute Gasteiger partial charge is 0.156 e. The molecule has 0 radical (unpaired) electrons. The first-order valence-corrected chi connectivity index (χ1v) is 7.42. The fourth-order valence-electron chi connectivity index (χ4n) is 1.49. The van der Waals surface area contributed by atoms with E-state index in [1.165, 1.54) is 0 Å². The third-order valence-electron chi connectivity index (χ3n) is 2.33. The fraction of sp³-hybridized carbons (Fsp3) is 0.583. The molecule has 1 aromatic rings. The predicted molar refractivity (Wildman–Crippen MR) is 65.8 cm³/mol. The molecule has 0 N–H and O–H groups in total. The zero-order valence-corrected chi connectivity index (χ0v) is 10.7. The molecule has 0 aliphatic rings. The van der Waals surface area contributed by atoms with Crippen LogP contribution < -0.4 is 0 Å². The molecular weight excluding hydrogens is 222 g/mol. The van der Waals surface area contributed by atoms with Gasteiger partial charge >= 0.3 is 0 Å². The van der Waals surface area contributed by atoms with Gasteiger partial charge in [-0.15, -0.1) is 0 Å². The molecule has 4 heteroatoms. The molecule has 3 nitrogen and oxygen atoms in total. The lowest BCUT2D eigenvalue weighted by molar-refractivity contribution is 0.559. The molecule has 0 fully saturated rings. The van der Waals surface area contributed by atoms with E-state index >= 15 is 0 Å². The van der Waals surface area contributed by atoms with Gasteiger partial charge in [0.1, 0.15) is 0 Å². The highest BCUT2D eigenvalue weighted by molar-refractivity contribution is 7.90. The maximum absolute atomic E-state index is 11.7. The molecule has 0 atom stereocenters. The molecule has 90 valence electrons. The predicted octanol–water partition coefficient (Wildman–Crippen LogP) is 2.43. The van der Waals surface area contributed by atoms with Gasteiger partial charge in [-0.1, -0.05) is 26.3 Å². The number of nitrogens with zero attached hydrogens (tertiary/aromatic N) is 1. The Morgan fingerprint density at radius 2 is 2.06 bits per heavy atom. The largest absolute Gasteiger partial charge is 0.260 e. The van der Waals surface area contributed by atoms with Gasteiger partial charge in [-0.05, 0) is 24.5 Å². The van der Waals surface area contributed by atoms with Gasteiger partial charge in [0, 0.05) is 6.20 Å². The summed E-state index contributed by atoms with van der Waals surface area (Å²) in [6, 6.07) is 5.35. The first-order chi connectivity index (χ1) is 7.49. The van der Waals surface area contributed by atoms with Crippen molar-refractivity contribution >= 4 is 9.84 Å². The van der Waals surface area contributed by atoms with E-state index in [4.69, 9.17) is 0 Å². The standard InChI is InChI=1S/C12H19NO2S/c1-11(2)6-5-9-16(14,15)10-12-7-3-4-8-13-12/h3-4,7-8,11H,5-6,9-10H2,1-2H3. The first kappa shape index (κ1) is 13.2. The van der Waals surface area contributed by atoms with Crippen LogP contribution in [0.1, 0.15) is 32.4 Å². The van der Waals surface area contributed by atoms with E-state index in [0.29, 0.717) is 11.6 Å². The Morgan fingerprint density at radius 1 is 1.31 bits per heavy atom. The molecule has 0 saturated carbocycles. The van der Waals surface area contributed by atoms with E-state index < -0.39 is 9.84 Å². The topological polar surface area (TPSA) is 47.0 Å². The average molecular weight is 241 g/mol. The quantitative estimate of drug-likeness (QED) is 0.768. The van der Waals surface area contributed by atoms with Crippen LogP contribution in [0.2, 0.25) is 0 Å². The number of hydrogen-bond donors (Lipinski definition) is 0. The van der Waals surface area contributed by atoms with Crippen LogP contribution in [-0.4, -0.2) is 19.2 Å². The molecule has 0 aliphatic carbocycles. The summed E-state index contributed by atoms with van der Waals surface area (Å²) in [4.78, 5) is 4.03. The van der Waals surface area contributed by atoms with Gasteiger partial charge in [-0.2, -0.15) is 0 Å². The SMILES string of the molecule is CC(C)CCCS(=O)(=O)Cc1ccccn1. The second-order valence-electron chi connectivity index (χ2n) is 4.45. The minimum Gasteiger partial charge on any atom is -0.260 e. The fourth-order valence-corrected chi connectivity index (χ4v) is 2.86.